The quantitative estimate of drug-likeness (QED) is 0.328. The number of ether oxygens (including phenoxy) is 1. The number of hydrogen-bond donors (Lipinski definition) is 2. The Labute approximate surface area is 198 Å². The number of aliphatic hydroxyl groups is 1. The van der Waals surface area contributed by atoms with Gasteiger partial charge in [0, 0.05) is 63.7 Å². The molecule has 2 aromatic heterocycles. The van der Waals surface area contributed by atoms with Crippen LogP contribution in [0.25, 0.3) is 11.0 Å². The maximum Gasteiger partial charge on any atom is 0.143 e. The Bertz CT molecular complexity index is 1020. The van der Waals surface area contributed by atoms with Crippen LogP contribution in [0.15, 0.2) is 48.8 Å². The van der Waals surface area contributed by atoms with Crippen molar-refractivity contribution in [1.82, 2.24) is 14.5 Å². The fraction of sp³-hybridized carbons (Fsp3) is 0.500. The summed E-state index contributed by atoms with van der Waals surface area (Å²) in [5.41, 5.74) is 4.15. The van der Waals surface area contributed by atoms with Crippen LogP contribution < -0.4 is 5.32 Å². The second-order valence-electron chi connectivity index (χ2n) is 10.4. The Balaban J connectivity index is 1.39. The van der Waals surface area contributed by atoms with Gasteiger partial charge in [0.05, 0.1) is 12.3 Å². The molecule has 0 bridgehead atoms. The minimum atomic E-state index is -1.10. The summed E-state index contributed by atoms with van der Waals surface area (Å²) in [5.74, 6) is 0. The summed E-state index contributed by atoms with van der Waals surface area (Å²) < 4.78 is 8.02. The minimum absolute atomic E-state index is 0.0178. The molecular weight excluding hydrogens is 428 g/mol. The van der Waals surface area contributed by atoms with Gasteiger partial charge in [0.1, 0.15) is 12.4 Å². The summed E-state index contributed by atoms with van der Waals surface area (Å²) in [5, 5.41) is 14.8. The Hall–Kier alpha value is -2.19. The smallest absolute Gasteiger partial charge is 0.143 e. The standard InChI is InChI=1S/C26H38N4O2Si/c1-33(2,3)16-15-32-20-30-14-11-24-25(22(19-31)17-27-26(24)30)28-23-9-12-29(13-10-23)18-21-7-5-4-6-8-21/h4-8,11,14,17,23,31H,9-10,12-13,15-16,18-20H2,1-3H3,(H,27,28). The van der Waals surface area contributed by atoms with Crippen LogP contribution in [-0.2, 0) is 24.6 Å². The number of fused-ring (bicyclic) bond motifs is 1. The Morgan fingerprint density at radius 2 is 1.88 bits per heavy atom. The predicted molar refractivity (Wildman–Crippen MR) is 138 cm³/mol. The van der Waals surface area contributed by atoms with Crippen LogP contribution in [0.2, 0.25) is 25.7 Å². The number of nitrogens with one attached hydrogen (secondary N) is 1. The lowest BCUT2D eigenvalue weighted by Crippen LogP contribution is -2.38. The first kappa shape index (κ1) is 23.9. The zero-order chi connectivity index (χ0) is 23.3. The molecule has 3 aromatic rings. The summed E-state index contributed by atoms with van der Waals surface area (Å²) in [7, 11) is -1.10. The molecule has 1 aromatic carbocycles. The van der Waals surface area contributed by atoms with Crippen LogP contribution in [0.5, 0.6) is 0 Å². The van der Waals surface area contributed by atoms with Gasteiger partial charge >= 0.3 is 0 Å². The maximum absolute atomic E-state index is 9.95. The molecule has 3 heterocycles. The first-order chi connectivity index (χ1) is 15.9. The minimum Gasteiger partial charge on any atom is -0.392 e. The third-order valence-corrected chi connectivity index (χ3v) is 8.15. The van der Waals surface area contributed by atoms with Crippen molar-refractivity contribution in [3.8, 4) is 0 Å². The van der Waals surface area contributed by atoms with Crippen molar-refractivity contribution in [2.45, 2.75) is 64.5 Å². The molecule has 7 heteroatoms. The van der Waals surface area contributed by atoms with Gasteiger partial charge in [0.2, 0.25) is 0 Å². The van der Waals surface area contributed by atoms with E-state index in [9.17, 15) is 5.11 Å². The molecule has 33 heavy (non-hydrogen) atoms. The number of aromatic nitrogens is 2. The highest BCUT2D eigenvalue weighted by molar-refractivity contribution is 6.76. The monoisotopic (exact) mass is 466 g/mol. The zero-order valence-electron chi connectivity index (χ0n) is 20.3. The van der Waals surface area contributed by atoms with E-state index in [-0.39, 0.29) is 6.61 Å². The third kappa shape index (κ3) is 6.44. The normalized spacial score (nSPS) is 15.9. The molecule has 0 atom stereocenters. The van der Waals surface area contributed by atoms with Gasteiger partial charge in [-0.05, 0) is 30.5 Å². The highest BCUT2D eigenvalue weighted by atomic mass is 28.3. The van der Waals surface area contributed by atoms with E-state index in [1.807, 2.05) is 6.20 Å². The van der Waals surface area contributed by atoms with Gasteiger partial charge in [-0.2, -0.15) is 0 Å². The van der Waals surface area contributed by atoms with Gasteiger partial charge in [0.25, 0.3) is 0 Å². The molecule has 178 valence electrons. The van der Waals surface area contributed by atoms with E-state index in [2.05, 4.69) is 75.8 Å². The Morgan fingerprint density at radius 1 is 1.12 bits per heavy atom. The fourth-order valence-electron chi connectivity index (χ4n) is 4.40. The molecule has 1 saturated heterocycles. The van der Waals surface area contributed by atoms with Crippen LogP contribution in [0.3, 0.4) is 0 Å². The molecule has 0 spiro atoms. The molecule has 1 aliphatic rings. The van der Waals surface area contributed by atoms with E-state index in [1.165, 1.54) is 5.56 Å². The van der Waals surface area contributed by atoms with Crippen LogP contribution in [-0.4, -0.2) is 53.4 Å². The van der Waals surface area contributed by atoms with Gasteiger partial charge in [-0.25, -0.2) is 4.98 Å². The summed E-state index contributed by atoms with van der Waals surface area (Å²) >= 11 is 0. The SMILES string of the molecule is C[Si](C)(C)CCOCn1ccc2c(NC3CCN(Cc4ccccc4)CC3)c(CO)cnc21. The first-order valence-electron chi connectivity index (χ1n) is 12.1. The van der Waals surface area contributed by atoms with Gasteiger partial charge in [-0.3, -0.25) is 4.90 Å². The third-order valence-electron chi connectivity index (χ3n) is 6.45. The van der Waals surface area contributed by atoms with Crippen LogP contribution in [0, 0.1) is 0 Å². The van der Waals surface area contributed by atoms with Crippen molar-refractivity contribution in [2.75, 3.05) is 25.0 Å². The Kier molecular flexibility index (Phi) is 7.85. The molecule has 0 radical (unpaired) electrons. The van der Waals surface area contributed by atoms with Crippen molar-refractivity contribution < 1.29 is 9.84 Å². The molecule has 0 unspecified atom stereocenters. The molecule has 6 nitrogen and oxygen atoms in total. The lowest BCUT2D eigenvalue weighted by atomic mass is 10.0. The molecule has 0 amide bonds. The van der Waals surface area contributed by atoms with Gasteiger partial charge < -0.3 is 19.7 Å². The number of benzene rings is 1. The topological polar surface area (TPSA) is 62.5 Å². The second-order valence-corrected chi connectivity index (χ2v) is 16.0. The highest BCUT2D eigenvalue weighted by Crippen LogP contribution is 2.29. The van der Waals surface area contributed by atoms with E-state index in [0.29, 0.717) is 12.8 Å². The van der Waals surface area contributed by atoms with Crippen molar-refractivity contribution in [3.63, 3.8) is 0 Å². The maximum atomic E-state index is 9.95. The van der Waals surface area contributed by atoms with Crippen LogP contribution in [0.1, 0.15) is 24.0 Å². The van der Waals surface area contributed by atoms with Crippen LogP contribution in [0.4, 0.5) is 5.69 Å². The van der Waals surface area contributed by atoms with E-state index in [4.69, 9.17) is 4.74 Å². The number of hydrogen-bond acceptors (Lipinski definition) is 5. The van der Waals surface area contributed by atoms with E-state index in [0.717, 1.165) is 67.4 Å². The molecule has 0 saturated carbocycles. The van der Waals surface area contributed by atoms with Gasteiger partial charge in [-0.1, -0.05) is 50.0 Å². The lowest BCUT2D eigenvalue weighted by molar-refractivity contribution is 0.0899. The molecule has 1 aliphatic heterocycles. The van der Waals surface area contributed by atoms with Gasteiger partial charge in [0.15, 0.2) is 0 Å². The van der Waals surface area contributed by atoms with Crippen LogP contribution >= 0.6 is 0 Å². The Morgan fingerprint density at radius 3 is 2.58 bits per heavy atom. The van der Waals surface area contributed by atoms with E-state index >= 15 is 0 Å². The van der Waals surface area contributed by atoms with Crippen molar-refractivity contribution in [2.24, 2.45) is 0 Å². The average Bonchev–Trinajstić information content (AvgIpc) is 3.22. The zero-order valence-corrected chi connectivity index (χ0v) is 21.3. The van der Waals surface area contributed by atoms with E-state index in [1.54, 1.807) is 6.20 Å². The lowest BCUT2D eigenvalue weighted by Gasteiger charge is -2.33. The largest absolute Gasteiger partial charge is 0.392 e. The summed E-state index contributed by atoms with van der Waals surface area (Å²) in [4.78, 5) is 7.16. The second kappa shape index (κ2) is 10.8. The summed E-state index contributed by atoms with van der Waals surface area (Å²) in [6.07, 6.45) is 6.01. The highest BCUT2D eigenvalue weighted by Gasteiger charge is 2.22. The van der Waals surface area contributed by atoms with Crippen molar-refractivity contribution in [3.05, 3.63) is 59.9 Å². The van der Waals surface area contributed by atoms with E-state index < -0.39 is 8.07 Å². The molecule has 0 aliphatic carbocycles. The van der Waals surface area contributed by atoms with Gasteiger partial charge in [-0.15, -0.1) is 0 Å². The molecule has 2 N–H and O–H groups in total. The number of aliphatic hydroxyl groups excluding tert-OH is 1. The number of likely N-dealkylation sites (tertiary alicyclic amines) is 1. The number of rotatable bonds is 10. The summed E-state index contributed by atoms with van der Waals surface area (Å²) in [6.45, 7) is 11.5. The number of pyridine rings is 1. The van der Waals surface area contributed by atoms with Crippen molar-refractivity contribution in [1.29, 1.82) is 0 Å². The van der Waals surface area contributed by atoms with Crippen molar-refractivity contribution >= 4 is 24.8 Å². The fourth-order valence-corrected chi connectivity index (χ4v) is 5.15. The average molecular weight is 467 g/mol. The molecular formula is C26H38N4O2Si. The number of piperidine rings is 1. The first-order valence-corrected chi connectivity index (χ1v) is 15.8. The molecule has 4 rings (SSSR count). The number of nitrogens with zero attached hydrogens (tertiary/aromatic N) is 3. The summed E-state index contributed by atoms with van der Waals surface area (Å²) in [6, 6.07) is 14.3. The predicted octanol–water partition coefficient (Wildman–Crippen LogP) is 4.92. The number of anilines is 1. The molecule has 1 fully saturated rings.